The SMILES string of the molecule is COC(OC)C1CCN(c2ccc(C3c4ccc(OCc5ccccc5)cc4COC3c3cc(F)c(C)cc3F)cc2)CC1. The van der Waals surface area contributed by atoms with E-state index >= 15 is 4.39 Å². The van der Waals surface area contributed by atoms with Crippen molar-refractivity contribution in [1.29, 1.82) is 0 Å². The fraction of sp³-hybridized carbons (Fsp3) is 0.351. The van der Waals surface area contributed by atoms with E-state index in [1.54, 1.807) is 21.1 Å². The quantitative estimate of drug-likeness (QED) is 0.182. The van der Waals surface area contributed by atoms with Gasteiger partial charge in [-0.25, -0.2) is 8.78 Å². The molecule has 2 aliphatic rings. The van der Waals surface area contributed by atoms with Gasteiger partial charge >= 0.3 is 0 Å². The number of hydrogen-bond donors (Lipinski definition) is 0. The van der Waals surface area contributed by atoms with Crippen molar-refractivity contribution in [3.05, 3.63) is 130 Å². The van der Waals surface area contributed by atoms with Crippen molar-refractivity contribution in [3.63, 3.8) is 0 Å². The van der Waals surface area contributed by atoms with Crippen LogP contribution in [0.3, 0.4) is 0 Å². The molecule has 7 heteroatoms. The van der Waals surface area contributed by atoms with E-state index in [2.05, 4.69) is 29.2 Å². The van der Waals surface area contributed by atoms with Gasteiger partial charge in [0, 0.05) is 50.4 Å². The number of benzene rings is 4. The van der Waals surface area contributed by atoms with Crippen molar-refractivity contribution in [2.75, 3.05) is 32.2 Å². The summed E-state index contributed by atoms with van der Waals surface area (Å²) in [5.74, 6) is -0.132. The molecule has 2 aliphatic heterocycles. The first-order valence-corrected chi connectivity index (χ1v) is 15.2. The van der Waals surface area contributed by atoms with Crippen LogP contribution in [0.4, 0.5) is 14.5 Å². The third kappa shape index (κ3) is 6.36. The lowest BCUT2D eigenvalue weighted by molar-refractivity contribution is -0.141. The number of anilines is 1. The van der Waals surface area contributed by atoms with Gasteiger partial charge < -0.3 is 23.8 Å². The van der Waals surface area contributed by atoms with Gasteiger partial charge in [0.15, 0.2) is 6.29 Å². The number of ether oxygens (including phenoxy) is 4. The molecule has 1 fully saturated rings. The molecule has 0 N–H and O–H groups in total. The monoisotopic (exact) mass is 599 g/mol. The van der Waals surface area contributed by atoms with Crippen LogP contribution in [0.1, 0.15) is 58.2 Å². The van der Waals surface area contributed by atoms with Gasteiger partial charge in [-0.2, -0.15) is 0 Å². The molecule has 5 nitrogen and oxygen atoms in total. The number of hydrogen-bond acceptors (Lipinski definition) is 5. The van der Waals surface area contributed by atoms with E-state index in [0.29, 0.717) is 12.5 Å². The topological polar surface area (TPSA) is 40.2 Å². The van der Waals surface area contributed by atoms with Crippen LogP contribution in [0.15, 0.2) is 84.9 Å². The summed E-state index contributed by atoms with van der Waals surface area (Å²) in [6.45, 7) is 4.11. The second kappa shape index (κ2) is 13.5. The second-order valence-electron chi connectivity index (χ2n) is 11.7. The van der Waals surface area contributed by atoms with Crippen LogP contribution >= 0.6 is 0 Å². The van der Waals surface area contributed by atoms with Crippen LogP contribution in [0, 0.1) is 24.5 Å². The summed E-state index contributed by atoms with van der Waals surface area (Å²) in [6.07, 6.45) is 1.09. The van der Waals surface area contributed by atoms with E-state index in [4.69, 9.17) is 18.9 Å². The van der Waals surface area contributed by atoms with Crippen LogP contribution < -0.4 is 9.64 Å². The normalized spacial score (nSPS) is 18.8. The second-order valence-corrected chi connectivity index (χ2v) is 11.7. The Bertz CT molecular complexity index is 1550. The molecule has 0 spiro atoms. The minimum absolute atomic E-state index is 0.181. The maximum atomic E-state index is 15.4. The van der Waals surface area contributed by atoms with Gasteiger partial charge in [0.2, 0.25) is 0 Å². The lowest BCUT2D eigenvalue weighted by atomic mass is 9.79. The van der Waals surface area contributed by atoms with Crippen molar-refractivity contribution in [1.82, 2.24) is 0 Å². The molecule has 44 heavy (non-hydrogen) atoms. The highest BCUT2D eigenvalue weighted by molar-refractivity contribution is 5.52. The molecule has 230 valence electrons. The summed E-state index contributed by atoms with van der Waals surface area (Å²) in [5, 5.41) is 0. The molecular weight excluding hydrogens is 560 g/mol. The number of rotatable bonds is 9. The molecule has 2 heterocycles. The Morgan fingerprint density at radius 1 is 0.841 bits per heavy atom. The van der Waals surface area contributed by atoms with Crippen molar-refractivity contribution >= 4 is 5.69 Å². The minimum Gasteiger partial charge on any atom is -0.489 e. The summed E-state index contributed by atoms with van der Waals surface area (Å²) in [7, 11) is 3.38. The van der Waals surface area contributed by atoms with E-state index in [9.17, 15) is 4.39 Å². The van der Waals surface area contributed by atoms with Gasteiger partial charge in [-0.15, -0.1) is 0 Å². The summed E-state index contributed by atoms with van der Waals surface area (Å²) in [4.78, 5) is 2.37. The Kier molecular flexibility index (Phi) is 9.26. The maximum Gasteiger partial charge on any atom is 0.159 e. The van der Waals surface area contributed by atoms with Crippen molar-refractivity contribution < 1.29 is 27.7 Å². The van der Waals surface area contributed by atoms with Crippen LogP contribution in [0.2, 0.25) is 0 Å². The molecule has 0 amide bonds. The van der Waals surface area contributed by atoms with E-state index in [-0.39, 0.29) is 29.9 Å². The third-order valence-corrected chi connectivity index (χ3v) is 9.01. The molecule has 0 bridgehead atoms. The molecule has 1 saturated heterocycles. The first kappa shape index (κ1) is 30.3. The Morgan fingerprint density at radius 2 is 1.57 bits per heavy atom. The molecule has 0 saturated carbocycles. The Balaban J connectivity index is 1.28. The fourth-order valence-electron chi connectivity index (χ4n) is 6.59. The van der Waals surface area contributed by atoms with E-state index in [1.165, 1.54) is 12.1 Å². The number of halogens is 2. The third-order valence-electron chi connectivity index (χ3n) is 9.01. The zero-order valence-electron chi connectivity index (χ0n) is 25.5. The Morgan fingerprint density at radius 3 is 2.27 bits per heavy atom. The molecule has 0 aromatic heterocycles. The van der Waals surface area contributed by atoms with Gasteiger partial charge in [-0.1, -0.05) is 48.5 Å². The maximum absolute atomic E-state index is 15.4. The summed E-state index contributed by atoms with van der Waals surface area (Å²) >= 11 is 0. The molecule has 0 radical (unpaired) electrons. The van der Waals surface area contributed by atoms with E-state index in [1.807, 2.05) is 48.5 Å². The van der Waals surface area contributed by atoms with Gasteiger partial charge in [0.25, 0.3) is 0 Å². The average Bonchev–Trinajstić information content (AvgIpc) is 3.06. The first-order chi connectivity index (χ1) is 21.4. The molecular formula is C37H39F2NO4. The smallest absolute Gasteiger partial charge is 0.159 e. The van der Waals surface area contributed by atoms with Crippen LogP contribution in [0.5, 0.6) is 5.75 Å². The summed E-state index contributed by atoms with van der Waals surface area (Å²) in [6, 6.07) is 27.0. The predicted molar refractivity (Wildman–Crippen MR) is 167 cm³/mol. The molecule has 4 aromatic carbocycles. The average molecular weight is 600 g/mol. The van der Waals surface area contributed by atoms with Crippen molar-refractivity contribution in [2.24, 2.45) is 5.92 Å². The van der Waals surface area contributed by atoms with Crippen molar-refractivity contribution in [2.45, 2.75) is 51.3 Å². The van der Waals surface area contributed by atoms with E-state index in [0.717, 1.165) is 59.6 Å². The van der Waals surface area contributed by atoms with Gasteiger partial charge in [0.05, 0.1) is 12.7 Å². The van der Waals surface area contributed by atoms with Crippen LogP contribution in [0.25, 0.3) is 0 Å². The highest BCUT2D eigenvalue weighted by atomic mass is 19.1. The highest BCUT2D eigenvalue weighted by Gasteiger charge is 2.35. The largest absolute Gasteiger partial charge is 0.489 e. The summed E-state index contributed by atoms with van der Waals surface area (Å²) in [5.41, 5.74) is 5.68. The van der Waals surface area contributed by atoms with E-state index < -0.39 is 17.7 Å². The molecule has 2 unspecified atom stereocenters. The standard InChI is InChI=1S/C37H39F2NO4/c1-24-19-34(39)32(21-33(24)38)36-35(26-9-11-29(12-10-26)40-17-15-27(16-18-40)37(41-2)42-3)31-14-13-30(20-28(31)23-44-36)43-22-25-7-5-4-6-8-25/h4-14,19-21,27,35-37H,15-18,22-23H2,1-3H3. The zero-order valence-corrected chi connectivity index (χ0v) is 25.5. The van der Waals surface area contributed by atoms with Gasteiger partial charge in [-0.3, -0.25) is 0 Å². The number of nitrogens with zero attached hydrogens (tertiary/aromatic N) is 1. The highest BCUT2D eigenvalue weighted by Crippen LogP contribution is 2.47. The fourth-order valence-corrected chi connectivity index (χ4v) is 6.59. The first-order valence-electron chi connectivity index (χ1n) is 15.2. The minimum atomic E-state index is -0.685. The lowest BCUT2D eigenvalue weighted by Gasteiger charge is -2.37. The lowest BCUT2D eigenvalue weighted by Crippen LogP contribution is -2.39. The van der Waals surface area contributed by atoms with Gasteiger partial charge in [-0.05, 0) is 84.0 Å². The molecule has 2 atom stereocenters. The summed E-state index contributed by atoms with van der Waals surface area (Å²) < 4.78 is 53.5. The van der Waals surface area contributed by atoms with Crippen LogP contribution in [-0.4, -0.2) is 33.6 Å². The number of fused-ring (bicyclic) bond motifs is 1. The Labute approximate surface area is 258 Å². The number of methoxy groups -OCH3 is 2. The number of piperidine rings is 1. The van der Waals surface area contributed by atoms with Crippen molar-refractivity contribution in [3.8, 4) is 5.75 Å². The predicted octanol–water partition coefficient (Wildman–Crippen LogP) is 8.09. The Hall–Kier alpha value is -3.78. The molecule has 0 aliphatic carbocycles. The number of aryl methyl sites for hydroxylation is 1. The zero-order chi connectivity index (χ0) is 30.6. The molecule has 4 aromatic rings. The van der Waals surface area contributed by atoms with Crippen LogP contribution in [-0.2, 0) is 27.4 Å². The van der Waals surface area contributed by atoms with Gasteiger partial charge in [0.1, 0.15) is 24.0 Å². The molecule has 6 rings (SSSR count).